The van der Waals surface area contributed by atoms with Crippen molar-refractivity contribution < 1.29 is 8.83 Å². The summed E-state index contributed by atoms with van der Waals surface area (Å²) in [6, 6.07) is 58.0. The molecule has 0 N–H and O–H groups in total. The fourth-order valence-electron chi connectivity index (χ4n) is 7.73. The predicted molar refractivity (Wildman–Crippen MR) is 212 cm³/mol. The van der Waals surface area contributed by atoms with E-state index in [1.165, 1.54) is 11.1 Å². The molecule has 7 aromatic carbocycles. The zero-order chi connectivity index (χ0) is 33.7. The summed E-state index contributed by atoms with van der Waals surface area (Å²) in [5, 5.41) is 4.56. The van der Waals surface area contributed by atoms with Gasteiger partial charge >= 0.3 is 0 Å². The van der Waals surface area contributed by atoms with Gasteiger partial charge in [-0.15, -0.1) is 0 Å². The summed E-state index contributed by atoms with van der Waals surface area (Å²) in [6.45, 7) is 0. The first-order valence-electron chi connectivity index (χ1n) is 17.5. The van der Waals surface area contributed by atoms with Crippen molar-refractivity contribution in [2.45, 2.75) is 12.5 Å². The molecule has 10 rings (SSSR count). The second-order valence-electron chi connectivity index (χ2n) is 13.2. The van der Waals surface area contributed by atoms with Gasteiger partial charge in [-0.05, 0) is 65.1 Å². The molecule has 242 valence electrons. The standard InChI is InChI=1S/C48H33NO2/c1-2-10-32(11-3-1)33-20-26-36(27-21-33)49(37-28-22-34(23-29-37)39-14-8-16-43-41-12-4-6-18-45(41)50-47(39)43)38-30-24-35(25-31-38)40-15-9-17-44-42-13-5-7-19-46(42)51-48(40)44/h1-26,28-31,36H,27H2. The number of benzene rings is 7. The van der Waals surface area contributed by atoms with E-state index in [-0.39, 0.29) is 6.04 Å². The maximum absolute atomic E-state index is 6.39. The van der Waals surface area contributed by atoms with Crippen LogP contribution in [0.4, 0.5) is 11.4 Å². The van der Waals surface area contributed by atoms with Gasteiger partial charge in [0.25, 0.3) is 0 Å². The molecular weight excluding hydrogens is 623 g/mol. The molecule has 0 bridgehead atoms. The summed E-state index contributed by atoms with van der Waals surface area (Å²) in [6.07, 6.45) is 7.86. The summed E-state index contributed by atoms with van der Waals surface area (Å²) < 4.78 is 12.8. The highest BCUT2D eigenvalue weighted by Gasteiger charge is 2.22. The van der Waals surface area contributed by atoms with Gasteiger partial charge in [0, 0.05) is 44.0 Å². The Kier molecular flexibility index (Phi) is 6.95. The molecule has 0 aliphatic heterocycles. The zero-order valence-electron chi connectivity index (χ0n) is 27.9. The lowest BCUT2D eigenvalue weighted by Gasteiger charge is -2.33. The molecule has 2 aromatic heterocycles. The summed E-state index contributed by atoms with van der Waals surface area (Å²) in [5.41, 5.74) is 12.9. The van der Waals surface area contributed by atoms with Crippen LogP contribution in [0.15, 0.2) is 191 Å². The first-order chi connectivity index (χ1) is 25.3. The molecule has 0 saturated carbocycles. The Balaban J connectivity index is 1.03. The highest BCUT2D eigenvalue weighted by Crippen LogP contribution is 2.40. The van der Waals surface area contributed by atoms with Gasteiger partial charge in [-0.2, -0.15) is 0 Å². The number of fused-ring (bicyclic) bond motifs is 6. The second kappa shape index (κ2) is 12.1. The lowest BCUT2D eigenvalue weighted by molar-refractivity contribution is 0.669. The molecule has 1 aliphatic rings. The highest BCUT2D eigenvalue weighted by molar-refractivity contribution is 6.10. The first-order valence-corrected chi connectivity index (χ1v) is 17.5. The van der Waals surface area contributed by atoms with E-state index < -0.39 is 0 Å². The van der Waals surface area contributed by atoms with E-state index in [1.54, 1.807) is 0 Å². The zero-order valence-corrected chi connectivity index (χ0v) is 27.9. The number of anilines is 2. The normalized spacial score (nSPS) is 14.4. The summed E-state index contributed by atoms with van der Waals surface area (Å²) in [4.78, 5) is 2.45. The van der Waals surface area contributed by atoms with Crippen LogP contribution in [0.5, 0.6) is 0 Å². The molecule has 2 heterocycles. The van der Waals surface area contributed by atoms with Crippen LogP contribution < -0.4 is 4.90 Å². The van der Waals surface area contributed by atoms with Crippen LogP contribution in [-0.2, 0) is 0 Å². The largest absolute Gasteiger partial charge is 0.455 e. The van der Waals surface area contributed by atoms with Gasteiger partial charge in [0.05, 0.1) is 6.04 Å². The third-order valence-electron chi connectivity index (χ3n) is 10.2. The monoisotopic (exact) mass is 655 g/mol. The van der Waals surface area contributed by atoms with Gasteiger partial charge < -0.3 is 13.7 Å². The third-order valence-corrected chi connectivity index (χ3v) is 10.2. The lowest BCUT2D eigenvalue weighted by atomic mass is 9.95. The van der Waals surface area contributed by atoms with Crippen molar-refractivity contribution in [2.75, 3.05) is 4.90 Å². The third kappa shape index (κ3) is 5.05. The van der Waals surface area contributed by atoms with Gasteiger partial charge in [-0.3, -0.25) is 0 Å². The molecule has 0 radical (unpaired) electrons. The molecule has 3 nitrogen and oxygen atoms in total. The van der Waals surface area contributed by atoms with Crippen LogP contribution in [0, 0.1) is 0 Å². The number of para-hydroxylation sites is 4. The summed E-state index contributed by atoms with van der Waals surface area (Å²) >= 11 is 0. The SMILES string of the molecule is C1=CC(N(c2ccc(-c3cccc4c3oc3ccccc34)cc2)c2ccc(-c3cccc4c3oc3ccccc34)cc2)CC=C1c1ccccc1. The molecule has 1 atom stereocenters. The van der Waals surface area contributed by atoms with Crippen LogP contribution in [0.1, 0.15) is 12.0 Å². The number of furan rings is 2. The van der Waals surface area contributed by atoms with Crippen molar-refractivity contribution in [3.63, 3.8) is 0 Å². The minimum Gasteiger partial charge on any atom is -0.455 e. The first kappa shape index (κ1) is 29.3. The molecule has 51 heavy (non-hydrogen) atoms. The number of hydrogen-bond acceptors (Lipinski definition) is 3. The number of rotatable bonds is 6. The van der Waals surface area contributed by atoms with Crippen molar-refractivity contribution >= 4 is 60.8 Å². The molecule has 0 fully saturated rings. The lowest BCUT2D eigenvalue weighted by Crippen LogP contribution is -2.30. The Morgan fingerprint density at radius 2 is 0.922 bits per heavy atom. The van der Waals surface area contributed by atoms with Crippen molar-refractivity contribution in [3.05, 3.63) is 188 Å². The minimum atomic E-state index is 0.145. The van der Waals surface area contributed by atoms with Crippen LogP contribution in [0.25, 0.3) is 71.7 Å². The quantitative estimate of drug-likeness (QED) is 0.179. The molecule has 1 unspecified atom stereocenters. The summed E-state index contributed by atoms with van der Waals surface area (Å²) in [5.74, 6) is 0. The van der Waals surface area contributed by atoms with Gasteiger partial charge in [0.1, 0.15) is 22.3 Å². The van der Waals surface area contributed by atoms with E-state index in [1.807, 2.05) is 24.3 Å². The molecule has 3 heteroatoms. The maximum atomic E-state index is 6.39. The van der Waals surface area contributed by atoms with Gasteiger partial charge in [0.2, 0.25) is 0 Å². The molecule has 1 aliphatic carbocycles. The number of hydrogen-bond donors (Lipinski definition) is 0. The van der Waals surface area contributed by atoms with E-state index >= 15 is 0 Å². The van der Waals surface area contributed by atoms with E-state index in [0.29, 0.717) is 0 Å². The fraction of sp³-hybridized carbons (Fsp3) is 0.0417. The van der Waals surface area contributed by atoms with Crippen molar-refractivity contribution in [1.29, 1.82) is 0 Å². The Morgan fingerprint density at radius 3 is 1.43 bits per heavy atom. The highest BCUT2D eigenvalue weighted by atomic mass is 16.3. The van der Waals surface area contributed by atoms with Crippen LogP contribution >= 0.6 is 0 Å². The Bertz CT molecular complexity index is 2610. The van der Waals surface area contributed by atoms with Gasteiger partial charge in [-0.25, -0.2) is 0 Å². The van der Waals surface area contributed by atoms with Crippen molar-refractivity contribution in [1.82, 2.24) is 0 Å². The fourth-order valence-corrected chi connectivity index (χ4v) is 7.73. The van der Waals surface area contributed by atoms with E-state index in [4.69, 9.17) is 8.83 Å². The minimum absolute atomic E-state index is 0.145. The topological polar surface area (TPSA) is 29.5 Å². The average molecular weight is 656 g/mol. The average Bonchev–Trinajstić information content (AvgIpc) is 3.78. The van der Waals surface area contributed by atoms with E-state index in [2.05, 4.69) is 163 Å². The molecule has 0 amide bonds. The van der Waals surface area contributed by atoms with E-state index in [9.17, 15) is 0 Å². The molecule has 0 spiro atoms. The Hall–Kier alpha value is -6.58. The van der Waals surface area contributed by atoms with Crippen molar-refractivity contribution in [2.24, 2.45) is 0 Å². The Labute approximate surface area is 296 Å². The van der Waals surface area contributed by atoms with Crippen LogP contribution in [0.2, 0.25) is 0 Å². The Morgan fingerprint density at radius 1 is 0.431 bits per heavy atom. The molecule has 9 aromatic rings. The van der Waals surface area contributed by atoms with Gasteiger partial charge in [0.15, 0.2) is 0 Å². The summed E-state index contributed by atoms with van der Waals surface area (Å²) in [7, 11) is 0. The van der Waals surface area contributed by atoms with E-state index in [0.717, 1.165) is 83.9 Å². The second-order valence-corrected chi connectivity index (χ2v) is 13.2. The molecular formula is C48H33NO2. The van der Waals surface area contributed by atoms with Crippen LogP contribution in [-0.4, -0.2) is 6.04 Å². The molecule has 0 saturated heterocycles. The van der Waals surface area contributed by atoms with Crippen molar-refractivity contribution in [3.8, 4) is 22.3 Å². The maximum Gasteiger partial charge on any atom is 0.143 e. The smallest absolute Gasteiger partial charge is 0.143 e. The number of nitrogens with zero attached hydrogens (tertiary/aromatic N) is 1. The van der Waals surface area contributed by atoms with Crippen LogP contribution in [0.3, 0.4) is 0 Å². The number of allylic oxidation sites excluding steroid dienone is 2. The van der Waals surface area contributed by atoms with Gasteiger partial charge in [-0.1, -0.05) is 146 Å². The predicted octanol–water partition coefficient (Wildman–Crippen LogP) is 13.4.